The van der Waals surface area contributed by atoms with E-state index in [0.717, 1.165) is 5.56 Å². The summed E-state index contributed by atoms with van der Waals surface area (Å²) in [6, 6.07) is 26.3. The molecule has 1 aliphatic carbocycles. The van der Waals surface area contributed by atoms with E-state index >= 15 is 0 Å². The molecule has 3 aromatic carbocycles. The van der Waals surface area contributed by atoms with Gasteiger partial charge >= 0.3 is 6.09 Å². The van der Waals surface area contributed by atoms with Crippen LogP contribution in [0.15, 0.2) is 78.9 Å². The lowest BCUT2D eigenvalue weighted by Gasteiger charge is -2.17. The normalized spacial score (nSPS) is 12.9. The standard InChI is InChI=1S/C26H27NO4.ClH/c28-15-20(17-30-16-19-8-2-1-3-9-19)14-27-26(29)31-18-25-23-12-6-4-10-21(23)22-11-5-7-13-24(22)25;/h1-13,20,25,28H,14-18H2,(H,27,29);1H/t20-;/m1./s1. The Morgan fingerprint density at radius 3 is 2.12 bits per heavy atom. The summed E-state index contributed by atoms with van der Waals surface area (Å²) in [6.07, 6.45) is -0.483. The average Bonchev–Trinajstić information content (AvgIpc) is 3.14. The molecule has 32 heavy (non-hydrogen) atoms. The first kappa shape index (κ1) is 23.8. The van der Waals surface area contributed by atoms with Gasteiger partial charge in [-0.25, -0.2) is 4.79 Å². The Hall–Kier alpha value is -2.86. The number of rotatable bonds is 9. The van der Waals surface area contributed by atoms with Crippen molar-refractivity contribution in [2.24, 2.45) is 5.92 Å². The van der Waals surface area contributed by atoms with E-state index in [4.69, 9.17) is 9.47 Å². The van der Waals surface area contributed by atoms with Gasteiger partial charge in [0.2, 0.25) is 0 Å². The van der Waals surface area contributed by atoms with Crippen LogP contribution in [0.2, 0.25) is 0 Å². The van der Waals surface area contributed by atoms with Crippen LogP contribution in [-0.4, -0.2) is 37.6 Å². The zero-order valence-corrected chi connectivity index (χ0v) is 18.6. The van der Waals surface area contributed by atoms with Gasteiger partial charge in [-0.15, -0.1) is 12.4 Å². The SMILES string of the molecule is Cl.O=C(NC[C@H](CO)COCc1ccccc1)OCC1c2ccccc2-c2ccccc21. The first-order valence-corrected chi connectivity index (χ1v) is 10.6. The molecular formula is C26H28ClNO4. The van der Waals surface area contributed by atoms with Gasteiger partial charge in [0.25, 0.3) is 0 Å². The van der Waals surface area contributed by atoms with Gasteiger partial charge in [0.05, 0.1) is 13.2 Å². The predicted molar refractivity (Wildman–Crippen MR) is 127 cm³/mol. The molecule has 0 radical (unpaired) electrons. The van der Waals surface area contributed by atoms with E-state index in [1.165, 1.54) is 22.3 Å². The number of amides is 1. The van der Waals surface area contributed by atoms with Crippen LogP contribution in [0.25, 0.3) is 11.1 Å². The number of halogens is 1. The van der Waals surface area contributed by atoms with E-state index in [-0.39, 0.29) is 37.5 Å². The van der Waals surface area contributed by atoms with Gasteiger partial charge in [0.15, 0.2) is 0 Å². The largest absolute Gasteiger partial charge is 0.449 e. The predicted octanol–water partition coefficient (Wildman–Crippen LogP) is 4.77. The van der Waals surface area contributed by atoms with Crippen LogP contribution >= 0.6 is 12.4 Å². The van der Waals surface area contributed by atoms with Crippen molar-refractivity contribution >= 4 is 18.5 Å². The second-order valence-electron chi connectivity index (χ2n) is 7.76. The lowest BCUT2D eigenvalue weighted by molar-refractivity contribution is 0.0615. The topological polar surface area (TPSA) is 67.8 Å². The summed E-state index contributed by atoms with van der Waals surface area (Å²) >= 11 is 0. The van der Waals surface area contributed by atoms with Crippen LogP contribution in [0.5, 0.6) is 0 Å². The highest BCUT2D eigenvalue weighted by molar-refractivity contribution is 5.85. The Bertz CT molecular complexity index is 966. The molecule has 2 N–H and O–H groups in total. The number of hydrogen-bond acceptors (Lipinski definition) is 4. The molecule has 5 nitrogen and oxygen atoms in total. The number of carbonyl (C=O) groups is 1. The van der Waals surface area contributed by atoms with Gasteiger partial charge < -0.3 is 19.9 Å². The van der Waals surface area contributed by atoms with E-state index in [0.29, 0.717) is 19.8 Å². The molecule has 0 bridgehead atoms. The van der Waals surface area contributed by atoms with Crippen LogP contribution < -0.4 is 5.32 Å². The van der Waals surface area contributed by atoms with Gasteiger partial charge in [0, 0.05) is 25.0 Å². The van der Waals surface area contributed by atoms with Crippen molar-refractivity contribution in [3.63, 3.8) is 0 Å². The number of fused-ring (bicyclic) bond motifs is 3. The Morgan fingerprint density at radius 1 is 0.906 bits per heavy atom. The van der Waals surface area contributed by atoms with Crippen LogP contribution in [0.3, 0.4) is 0 Å². The van der Waals surface area contributed by atoms with Crippen molar-refractivity contribution in [3.05, 3.63) is 95.6 Å². The van der Waals surface area contributed by atoms with E-state index in [1.54, 1.807) is 0 Å². The number of benzene rings is 3. The first-order valence-electron chi connectivity index (χ1n) is 10.6. The third-order valence-electron chi connectivity index (χ3n) is 5.60. The fraction of sp³-hybridized carbons (Fsp3) is 0.269. The molecule has 0 saturated carbocycles. The number of carbonyl (C=O) groups excluding carboxylic acids is 1. The minimum absolute atomic E-state index is 0. The van der Waals surface area contributed by atoms with E-state index in [9.17, 15) is 9.90 Å². The molecule has 1 aliphatic rings. The molecule has 4 rings (SSSR count). The highest BCUT2D eigenvalue weighted by Gasteiger charge is 2.29. The molecular weight excluding hydrogens is 426 g/mol. The second-order valence-corrected chi connectivity index (χ2v) is 7.76. The third-order valence-corrected chi connectivity index (χ3v) is 5.60. The number of ether oxygens (including phenoxy) is 2. The van der Waals surface area contributed by atoms with Gasteiger partial charge in [-0.1, -0.05) is 78.9 Å². The molecule has 0 fully saturated rings. The maximum atomic E-state index is 12.3. The Kier molecular flexibility index (Phi) is 8.68. The zero-order chi connectivity index (χ0) is 21.5. The lowest BCUT2D eigenvalue weighted by Crippen LogP contribution is -2.34. The van der Waals surface area contributed by atoms with Crippen LogP contribution in [0.1, 0.15) is 22.6 Å². The van der Waals surface area contributed by atoms with Crippen molar-refractivity contribution in [3.8, 4) is 11.1 Å². The van der Waals surface area contributed by atoms with E-state index < -0.39 is 6.09 Å². The molecule has 6 heteroatoms. The van der Waals surface area contributed by atoms with Crippen molar-refractivity contribution in [1.29, 1.82) is 0 Å². The van der Waals surface area contributed by atoms with Crippen molar-refractivity contribution in [2.75, 3.05) is 26.4 Å². The minimum Gasteiger partial charge on any atom is -0.449 e. The number of alkyl carbamates (subject to hydrolysis) is 1. The van der Waals surface area contributed by atoms with Gasteiger partial charge in [-0.05, 0) is 27.8 Å². The summed E-state index contributed by atoms with van der Waals surface area (Å²) < 4.78 is 11.2. The maximum Gasteiger partial charge on any atom is 0.407 e. The Balaban J connectivity index is 0.00000289. The highest BCUT2D eigenvalue weighted by Crippen LogP contribution is 2.44. The minimum atomic E-state index is -0.483. The Morgan fingerprint density at radius 2 is 1.50 bits per heavy atom. The molecule has 0 aromatic heterocycles. The quantitative estimate of drug-likeness (QED) is 0.489. The molecule has 0 spiro atoms. The van der Waals surface area contributed by atoms with Crippen molar-refractivity contribution in [2.45, 2.75) is 12.5 Å². The van der Waals surface area contributed by atoms with E-state index in [2.05, 4.69) is 29.6 Å². The Labute approximate surface area is 194 Å². The molecule has 1 atom stereocenters. The first-order chi connectivity index (χ1) is 15.3. The summed E-state index contributed by atoms with van der Waals surface area (Å²) in [5.74, 6) is -0.162. The van der Waals surface area contributed by atoms with Gasteiger partial charge in [-0.2, -0.15) is 0 Å². The van der Waals surface area contributed by atoms with Crippen LogP contribution in [0.4, 0.5) is 4.79 Å². The van der Waals surface area contributed by atoms with Crippen molar-refractivity contribution in [1.82, 2.24) is 5.32 Å². The fourth-order valence-corrected chi connectivity index (χ4v) is 3.97. The van der Waals surface area contributed by atoms with Gasteiger partial charge in [0.1, 0.15) is 6.61 Å². The fourth-order valence-electron chi connectivity index (χ4n) is 3.97. The highest BCUT2D eigenvalue weighted by atomic mass is 35.5. The zero-order valence-electron chi connectivity index (χ0n) is 17.8. The average molecular weight is 454 g/mol. The number of aliphatic hydroxyl groups excluding tert-OH is 1. The number of hydrogen-bond donors (Lipinski definition) is 2. The third kappa shape index (κ3) is 5.68. The lowest BCUT2D eigenvalue weighted by atomic mass is 9.98. The summed E-state index contributed by atoms with van der Waals surface area (Å²) in [5.41, 5.74) is 5.83. The number of nitrogens with one attached hydrogen (secondary N) is 1. The molecule has 1 amide bonds. The summed E-state index contributed by atoms with van der Waals surface area (Å²) in [5, 5.41) is 12.3. The van der Waals surface area contributed by atoms with Crippen LogP contribution in [-0.2, 0) is 16.1 Å². The monoisotopic (exact) mass is 453 g/mol. The summed E-state index contributed by atoms with van der Waals surface area (Å²) in [4.78, 5) is 12.3. The molecule has 0 aliphatic heterocycles. The molecule has 3 aromatic rings. The number of aliphatic hydroxyl groups is 1. The van der Waals surface area contributed by atoms with Crippen LogP contribution in [0, 0.1) is 5.92 Å². The molecule has 0 heterocycles. The van der Waals surface area contributed by atoms with Gasteiger partial charge in [-0.3, -0.25) is 0 Å². The summed E-state index contributed by atoms with van der Waals surface area (Å²) in [7, 11) is 0. The smallest absolute Gasteiger partial charge is 0.407 e. The summed E-state index contributed by atoms with van der Waals surface area (Å²) in [6.45, 7) is 1.33. The molecule has 0 unspecified atom stereocenters. The van der Waals surface area contributed by atoms with E-state index in [1.807, 2.05) is 54.6 Å². The molecule has 0 saturated heterocycles. The van der Waals surface area contributed by atoms with Crippen molar-refractivity contribution < 1.29 is 19.4 Å². The maximum absolute atomic E-state index is 12.3. The molecule has 168 valence electrons. The second kappa shape index (κ2) is 11.7.